The largest absolute Gasteiger partial charge is 0.392 e. The second-order valence-electron chi connectivity index (χ2n) is 3.60. The average Bonchev–Trinajstić information content (AvgIpc) is 2.15. The van der Waals surface area contributed by atoms with Gasteiger partial charge in [-0.15, -0.1) is 0 Å². The molecule has 1 aliphatic heterocycles. The Labute approximate surface area is 78.7 Å². The lowest BCUT2D eigenvalue weighted by Gasteiger charge is -2.22. The average molecular weight is 186 g/mol. The van der Waals surface area contributed by atoms with Crippen molar-refractivity contribution in [3.05, 3.63) is 0 Å². The van der Waals surface area contributed by atoms with Gasteiger partial charge < -0.3 is 15.7 Å². The van der Waals surface area contributed by atoms with E-state index in [-0.39, 0.29) is 11.9 Å². The Balaban J connectivity index is 2.21. The molecule has 0 radical (unpaired) electrons. The molecule has 2 atom stereocenters. The molecule has 4 heteroatoms. The molecule has 0 aromatic heterocycles. The lowest BCUT2D eigenvalue weighted by molar-refractivity contribution is -0.124. The van der Waals surface area contributed by atoms with Crippen molar-refractivity contribution in [2.45, 2.75) is 38.3 Å². The molecule has 0 unspecified atom stereocenters. The number of carbonyl (C=O) groups excluding carboxylic acids is 1. The Morgan fingerprint density at radius 2 is 2.46 bits per heavy atom. The number of piperidine rings is 1. The van der Waals surface area contributed by atoms with Gasteiger partial charge in [0.25, 0.3) is 0 Å². The molecule has 1 fully saturated rings. The van der Waals surface area contributed by atoms with Gasteiger partial charge in [-0.3, -0.25) is 4.79 Å². The standard InChI is InChI=1S/C9H18N2O2/c1-7(12)6-11-9(13)8-4-2-3-5-10-8/h7-8,10,12H,2-6H2,1H3,(H,11,13)/t7-,8-/m0/s1. The van der Waals surface area contributed by atoms with Crippen LogP contribution in [0.2, 0.25) is 0 Å². The van der Waals surface area contributed by atoms with Crippen molar-refractivity contribution >= 4 is 5.91 Å². The second-order valence-corrected chi connectivity index (χ2v) is 3.60. The van der Waals surface area contributed by atoms with Gasteiger partial charge in [-0.25, -0.2) is 0 Å². The van der Waals surface area contributed by atoms with E-state index in [4.69, 9.17) is 5.11 Å². The Kier molecular flexibility index (Phi) is 4.18. The van der Waals surface area contributed by atoms with Gasteiger partial charge in [-0.2, -0.15) is 0 Å². The maximum atomic E-state index is 11.4. The molecular formula is C9H18N2O2. The number of hydrogen-bond donors (Lipinski definition) is 3. The quantitative estimate of drug-likeness (QED) is 0.563. The Morgan fingerprint density at radius 3 is 3.00 bits per heavy atom. The molecule has 0 saturated carbocycles. The minimum Gasteiger partial charge on any atom is -0.392 e. The summed E-state index contributed by atoms with van der Waals surface area (Å²) in [6.45, 7) is 2.93. The number of hydrogen-bond acceptors (Lipinski definition) is 3. The van der Waals surface area contributed by atoms with Crippen LogP contribution in [0.5, 0.6) is 0 Å². The van der Waals surface area contributed by atoms with Crippen LogP contribution < -0.4 is 10.6 Å². The highest BCUT2D eigenvalue weighted by Crippen LogP contribution is 2.06. The highest BCUT2D eigenvalue weighted by molar-refractivity contribution is 5.81. The maximum absolute atomic E-state index is 11.4. The smallest absolute Gasteiger partial charge is 0.237 e. The molecule has 0 aliphatic carbocycles. The van der Waals surface area contributed by atoms with Crippen LogP contribution in [0.1, 0.15) is 26.2 Å². The fourth-order valence-corrected chi connectivity index (χ4v) is 1.45. The molecule has 0 aromatic carbocycles. The van der Waals surface area contributed by atoms with E-state index in [1.165, 1.54) is 0 Å². The topological polar surface area (TPSA) is 61.4 Å². The van der Waals surface area contributed by atoms with Crippen LogP contribution in [0, 0.1) is 0 Å². The van der Waals surface area contributed by atoms with E-state index in [0.29, 0.717) is 6.54 Å². The summed E-state index contributed by atoms with van der Waals surface area (Å²) < 4.78 is 0. The highest BCUT2D eigenvalue weighted by atomic mass is 16.3. The maximum Gasteiger partial charge on any atom is 0.237 e. The molecule has 0 bridgehead atoms. The monoisotopic (exact) mass is 186 g/mol. The molecule has 13 heavy (non-hydrogen) atoms. The van der Waals surface area contributed by atoms with Crippen molar-refractivity contribution in [2.75, 3.05) is 13.1 Å². The molecule has 0 aromatic rings. The molecule has 1 heterocycles. The van der Waals surface area contributed by atoms with Crippen molar-refractivity contribution in [2.24, 2.45) is 0 Å². The summed E-state index contributed by atoms with van der Waals surface area (Å²) >= 11 is 0. The van der Waals surface area contributed by atoms with Gasteiger partial charge in [0.05, 0.1) is 12.1 Å². The molecule has 1 amide bonds. The predicted molar refractivity (Wildman–Crippen MR) is 50.3 cm³/mol. The summed E-state index contributed by atoms with van der Waals surface area (Å²) in [6.07, 6.45) is 2.71. The van der Waals surface area contributed by atoms with E-state index >= 15 is 0 Å². The van der Waals surface area contributed by atoms with E-state index in [1.807, 2.05) is 0 Å². The lowest BCUT2D eigenvalue weighted by Crippen LogP contribution is -2.47. The van der Waals surface area contributed by atoms with Gasteiger partial charge in [-0.05, 0) is 26.3 Å². The molecule has 0 spiro atoms. The van der Waals surface area contributed by atoms with Crippen molar-refractivity contribution < 1.29 is 9.90 Å². The molecule has 1 rings (SSSR count). The second kappa shape index (κ2) is 5.19. The van der Waals surface area contributed by atoms with E-state index in [9.17, 15) is 4.79 Å². The first-order valence-electron chi connectivity index (χ1n) is 4.89. The van der Waals surface area contributed by atoms with Crippen LogP contribution >= 0.6 is 0 Å². The van der Waals surface area contributed by atoms with Gasteiger partial charge in [0.15, 0.2) is 0 Å². The summed E-state index contributed by atoms with van der Waals surface area (Å²) in [4.78, 5) is 11.4. The van der Waals surface area contributed by atoms with Crippen LogP contribution in [0.3, 0.4) is 0 Å². The zero-order chi connectivity index (χ0) is 9.68. The number of carbonyl (C=O) groups is 1. The minimum atomic E-state index is -0.465. The fourth-order valence-electron chi connectivity index (χ4n) is 1.45. The Bertz CT molecular complexity index is 165. The van der Waals surface area contributed by atoms with Crippen LogP contribution in [0.4, 0.5) is 0 Å². The minimum absolute atomic E-state index is 0.0144. The van der Waals surface area contributed by atoms with Crippen molar-refractivity contribution in [3.63, 3.8) is 0 Å². The number of amides is 1. The van der Waals surface area contributed by atoms with Gasteiger partial charge in [0.2, 0.25) is 5.91 Å². The van der Waals surface area contributed by atoms with E-state index in [1.54, 1.807) is 6.92 Å². The van der Waals surface area contributed by atoms with E-state index < -0.39 is 6.10 Å². The van der Waals surface area contributed by atoms with Gasteiger partial charge >= 0.3 is 0 Å². The predicted octanol–water partition coefficient (Wildman–Crippen LogP) is -0.374. The summed E-state index contributed by atoms with van der Waals surface area (Å²) in [6, 6.07) is -0.0486. The molecule has 76 valence electrons. The van der Waals surface area contributed by atoms with Crippen LogP contribution in [-0.2, 0) is 4.79 Å². The third kappa shape index (κ3) is 3.74. The third-order valence-corrected chi connectivity index (χ3v) is 2.20. The fraction of sp³-hybridized carbons (Fsp3) is 0.889. The SMILES string of the molecule is C[C@H](O)CNC(=O)[C@@H]1CCCCN1. The molecular weight excluding hydrogens is 168 g/mol. The highest BCUT2D eigenvalue weighted by Gasteiger charge is 2.19. The Morgan fingerprint density at radius 1 is 1.69 bits per heavy atom. The third-order valence-electron chi connectivity index (χ3n) is 2.20. The summed E-state index contributed by atoms with van der Waals surface area (Å²) in [5.41, 5.74) is 0. The molecule has 4 nitrogen and oxygen atoms in total. The molecule has 1 saturated heterocycles. The number of aliphatic hydroxyl groups excluding tert-OH is 1. The van der Waals surface area contributed by atoms with Crippen molar-refractivity contribution in [1.82, 2.24) is 10.6 Å². The first-order chi connectivity index (χ1) is 6.20. The summed E-state index contributed by atoms with van der Waals surface area (Å²) in [5, 5.41) is 14.8. The first-order valence-corrected chi connectivity index (χ1v) is 4.89. The van der Waals surface area contributed by atoms with Crippen LogP contribution in [-0.4, -0.2) is 36.2 Å². The van der Waals surface area contributed by atoms with Crippen LogP contribution in [0.25, 0.3) is 0 Å². The van der Waals surface area contributed by atoms with Crippen molar-refractivity contribution in [3.8, 4) is 0 Å². The first kappa shape index (κ1) is 10.5. The van der Waals surface area contributed by atoms with Gasteiger partial charge in [0, 0.05) is 6.54 Å². The number of nitrogens with one attached hydrogen (secondary N) is 2. The summed E-state index contributed by atoms with van der Waals surface area (Å²) in [7, 11) is 0. The zero-order valence-electron chi connectivity index (χ0n) is 8.05. The van der Waals surface area contributed by atoms with Gasteiger partial charge in [-0.1, -0.05) is 6.42 Å². The summed E-state index contributed by atoms with van der Waals surface area (Å²) in [5.74, 6) is 0.0144. The zero-order valence-corrected chi connectivity index (χ0v) is 8.05. The molecule has 1 aliphatic rings. The van der Waals surface area contributed by atoms with E-state index in [0.717, 1.165) is 25.8 Å². The number of aliphatic hydroxyl groups is 1. The van der Waals surface area contributed by atoms with Crippen molar-refractivity contribution in [1.29, 1.82) is 0 Å². The van der Waals surface area contributed by atoms with E-state index in [2.05, 4.69) is 10.6 Å². The normalized spacial score (nSPS) is 25.2. The Hall–Kier alpha value is -0.610. The molecule has 3 N–H and O–H groups in total. The number of rotatable bonds is 3. The lowest BCUT2D eigenvalue weighted by atomic mass is 10.0. The van der Waals surface area contributed by atoms with Crippen LogP contribution in [0.15, 0.2) is 0 Å². The van der Waals surface area contributed by atoms with Gasteiger partial charge in [0.1, 0.15) is 0 Å².